The number of carbonyl (C=O) groups excluding carboxylic acids is 1. The molecule has 0 unspecified atom stereocenters. The maximum Gasteiger partial charge on any atom is 0.321 e. The Kier molecular flexibility index (Phi) is 7.27. The van der Waals surface area contributed by atoms with Gasteiger partial charge in [-0.25, -0.2) is 4.79 Å². The predicted octanol–water partition coefficient (Wildman–Crippen LogP) is 5.87. The van der Waals surface area contributed by atoms with E-state index in [0.29, 0.717) is 5.92 Å². The lowest BCUT2D eigenvalue weighted by atomic mass is 9.82. The lowest BCUT2D eigenvalue weighted by Gasteiger charge is -2.37. The molecule has 2 fully saturated rings. The van der Waals surface area contributed by atoms with Crippen LogP contribution in [-0.2, 0) is 6.54 Å². The number of likely N-dealkylation sites (tertiary alicyclic amines) is 1. The zero-order chi connectivity index (χ0) is 22.7. The van der Waals surface area contributed by atoms with Gasteiger partial charge in [-0.3, -0.25) is 4.90 Å². The first-order chi connectivity index (χ1) is 15.4. The number of rotatable bonds is 7. The molecule has 1 saturated heterocycles. The molecule has 0 aromatic heterocycles. The molecule has 32 heavy (non-hydrogen) atoms. The molecule has 5 nitrogen and oxygen atoms in total. The topological polar surface area (TPSA) is 44.8 Å². The number of ether oxygens (including phenoxy) is 1. The quantitative estimate of drug-likeness (QED) is 0.567. The van der Waals surface area contributed by atoms with Crippen LogP contribution in [0.2, 0.25) is 5.02 Å². The van der Waals surface area contributed by atoms with Crippen LogP contribution in [0.25, 0.3) is 0 Å². The molecule has 0 atom stereocenters. The van der Waals surface area contributed by atoms with E-state index in [1.54, 1.807) is 4.90 Å². The van der Waals surface area contributed by atoms with Crippen LogP contribution >= 0.6 is 11.6 Å². The van der Waals surface area contributed by atoms with Crippen molar-refractivity contribution < 1.29 is 9.53 Å². The fraction of sp³-hybridized carbons (Fsp3) is 0.500. The number of urea groups is 1. The molecule has 1 N–H and O–H groups in total. The first-order valence-electron chi connectivity index (χ1n) is 11.6. The number of aryl methyl sites for hydroxylation is 2. The van der Waals surface area contributed by atoms with Crippen LogP contribution in [-0.4, -0.2) is 48.6 Å². The van der Waals surface area contributed by atoms with Crippen molar-refractivity contribution in [1.82, 2.24) is 9.80 Å². The first kappa shape index (κ1) is 22.9. The van der Waals surface area contributed by atoms with Gasteiger partial charge in [0.05, 0.1) is 6.10 Å². The summed E-state index contributed by atoms with van der Waals surface area (Å²) in [5.74, 6) is 1.29. The van der Waals surface area contributed by atoms with Crippen molar-refractivity contribution in [2.45, 2.75) is 52.2 Å². The Morgan fingerprint density at radius 2 is 1.84 bits per heavy atom. The van der Waals surface area contributed by atoms with Gasteiger partial charge >= 0.3 is 6.03 Å². The van der Waals surface area contributed by atoms with E-state index in [1.165, 1.54) is 18.4 Å². The predicted molar refractivity (Wildman–Crippen MR) is 131 cm³/mol. The smallest absolute Gasteiger partial charge is 0.321 e. The molecule has 1 heterocycles. The minimum absolute atomic E-state index is 0.0628. The second-order valence-electron chi connectivity index (χ2n) is 9.39. The molecule has 0 spiro atoms. The van der Waals surface area contributed by atoms with Gasteiger partial charge in [-0.1, -0.05) is 35.9 Å². The highest BCUT2D eigenvalue weighted by atomic mass is 35.5. The minimum atomic E-state index is -0.0628. The summed E-state index contributed by atoms with van der Waals surface area (Å²) in [5, 5.41) is 3.84. The summed E-state index contributed by atoms with van der Waals surface area (Å²) in [7, 11) is 1.86. The Bertz CT molecular complexity index is 932. The number of anilines is 1. The molecule has 0 radical (unpaired) electrons. The van der Waals surface area contributed by atoms with Crippen molar-refractivity contribution in [2.75, 3.05) is 32.0 Å². The molecule has 4 rings (SSSR count). The van der Waals surface area contributed by atoms with Crippen LogP contribution in [0.3, 0.4) is 0 Å². The van der Waals surface area contributed by atoms with E-state index < -0.39 is 0 Å². The van der Waals surface area contributed by atoms with Crippen LogP contribution in [0.5, 0.6) is 5.75 Å². The number of nitrogens with zero attached hydrogens (tertiary/aromatic N) is 2. The van der Waals surface area contributed by atoms with Gasteiger partial charge in [-0.05, 0) is 87.4 Å². The van der Waals surface area contributed by atoms with Gasteiger partial charge in [0, 0.05) is 30.8 Å². The Balaban J connectivity index is 1.22. The molecular formula is C26H34ClN3O2. The molecule has 6 heteroatoms. The average molecular weight is 456 g/mol. The van der Waals surface area contributed by atoms with Gasteiger partial charge in [0.15, 0.2) is 0 Å². The monoisotopic (exact) mass is 455 g/mol. The van der Waals surface area contributed by atoms with Crippen molar-refractivity contribution >= 4 is 23.3 Å². The van der Waals surface area contributed by atoms with Crippen LogP contribution in [0.1, 0.15) is 42.4 Å². The number of para-hydroxylation sites is 1. The fourth-order valence-electron chi connectivity index (χ4n) is 4.71. The molecule has 2 aliphatic rings. The Labute approximate surface area is 196 Å². The summed E-state index contributed by atoms with van der Waals surface area (Å²) in [4.78, 5) is 16.8. The van der Waals surface area contributed by atoms with Gasteiger partial charge in [0.1, 0.15) is 5.75 Å². The Hall–Kier alpha value is -2.24. The molecule has 2 aromatic rings. The third kappa shape index (κ3) is 5.57. The third-order valence-corrected chi connectivity index (χ3v) is 7.06. The fourth-order valence-corrected chi connectivity index (χ4v) is 4.94. The number of amides is 2. The van der Waals surface area contributed by atoms with Crippen LogP contribution in [0.15, 0.2) is 36.4 Å². The van der Waals surface area contributed by atoms with Crippen molar-refractivity contribution in [2.24, 2.45) is 5.92 Å². The standard InChI is InChI=1S/C26H34ClN3O2/c1-18-7-6-8-19(2)25(18)28-26(31)29(3)16-20-13-23(14-20)32-22-10-9-21(24(27)15-22)17-30-11-4-5-12-30/h6-10,15,20,23H,4-5,11-14,16-17H2,1-3H3,(H,28,31). The summed E-state index contributed by atoms with van der Waals surface area (Å²) in [6, 6.07) is 12.1. The zero-order valence-electron chi connectivity index (χ0n) is 19.4. The van der Waals surface area contributed by atoms with Gasteiger partial charge < -0.3 is 15.0 Å². The van der Waals surface area contributed by atoms with Crippen LogP contribution in [0.4, 0.5) is 10.5 Å². The maximum absolute atomic E-state index is 12.6. The number of carbonyl (C=O) groups is 1. The van der Waals surface area contributed by atoms with E-state index in [-0.39, 0.29) is 12.1 Å². The second-order valence-corrected chi connectivity index (χ2v) is 9.80. The number of nitrogens with one attached hydrogen (secondary N) is 1. The molecule has 172 valence electrons. The van der Waals surface area contributed by atoms with Gasteiger partial charge in [-0.15, -0.1) is 0 Å². The van der Waals surface area contributed by atoms with Gasteiger partial charge in [-0.2, -0.15) is 0 Å². The van der Waals surface area contributed by atoms with E-state index in [0.717, 1.165) is 66.6 Å². The number of halogens is 1. The summed E-state index contributed by atoms with van der Waals surface area (Å²) in [6.45, 7) is 8.00. The lowest BCUT2D eigenvalue weighted by molar-refractivity contribution is 0.0532. The number of benzene rings is 2. The van der Waals surface area contributed by atoms with Crippen LogP contribution < -0.4 is 10.1 Å². The van der Waals surface area contributed by atoms with Gasteiger partial charge in [0.2, 0.25) is 0 Å². The van der Waals surface area contributed by atoms with E-state index in [1.807, 2.05) is 51.2 Å². The highest BCUT2D eigenvalue weighted by Crippen LogP contribution is 2.34. The summed E-state index contributed by atoms with van der Waals surface area (Å²) in [6.07, 6.45) is 4.66. The van der Waals surface area contributed by atoms with E-state index >= 15 is 0 Å². The van der Waals surface area contributed by atoms with Crippen LogP contribution in [0, 0.1) is 19.8 Å². The second kappa shape index (κ2) is 10.1. The summed E-state index contributed by atoms with van der Waals surface area (Å²) < 4.78 is 6.14. The number of hydrogen-bond acceptors (Lipinski definition) is 3. The summed E-state index contributed by atoms with van der Waals surface area (Å²) >= 11 is 6.52. The SMILES string of the molecule is Cc1cccc(C)c1NC(=O)N(C)CC1CC(Oc2ccc(CN3CCCC3)c(Cl)c2)C1. The summed E-state index contributed by atoms with van der Waals surface area (Å²) in [5.41, 5.74) is 4.23. The molecule has 1 saturated carbocycles. The molecule has 2 amide bonds. The molecular weight excluding hydrogens is 422 g/mol. The van der Waals surface area contributed by atoms with E-state index in [4.69, 9.17) is 16.3 Å². The largest absolute Gasteiger partial charge is 0.490 e. The molecule has 2 aromatic carbocycles. The highest BCUT2D eigenvalue weighted by molar-refractivity contribution is 6.31. The van der Waals surface area contributed by atoms with Gasteiger partial charge in [0.25, 0.3) is 0 Å². The molecule has 1 aliphatic carbocycles. The normalized spacial score (nSPS) is 20.6. The minimum Gasteiger partial charge on any atom is -0.490 e. The third-order valence-electron chi connectivity index (χ3n) is 6.70. The van der Waals surface area contributed by atoms with Crippen molar-refractivity contribution in [3.8, 4) is 5.75 Å². The average Bonchev–Trinajstić information content (AvgIpc) is 3.24. The molecule has 0 bridgehead atoms. The number of hydrogen-bond donors (Lipinski definition) is 1. The Morgan fingerprint density at radius 1 is 1.16 bits per heavy atom. The first-order valence-corrected chi connectivity index (χ1v) is 12.0. The molecule has 1 aliphatic heterocycles. The zero-order valence-corrected chi connectivity index (χ0v) is 20.1. The van der Waals surface area contributed by atoms with Crippen molar-refractivity contribution in [3.63, 3.8) is 0 Å². The Morgan fingerprint density at radius 3 is 2.50 bits per heavy atom. The van der Waals surface area contributed by atoms with Crippen molar-refractivity contribution in [3.05, 3.63) is 58.1 Å². The van der Waals surface area contributed by atoms with E-state index in [9.17, 15) is 4.79 Å². The maximum atomic E-state index is 12.6. The highest BCUT2D eigenvalue weighted by Gasteiger charge is 2.32. The van der Waals surface area contributed by atoms with E-state index in [2.05, 4.69) is 16.3 Å². The van der Waals surface area contributed by atoms with Crippen molar-refractivity contribution in [1.29, 1.82) is 0 Å². The lowest BCUT2D eigenvalue weighted by Crippen LogP contribution is -2.43.